The zero-order valence-electron chi connectivity index (χ0n) is 11.9. The summed E-state index contributed by atoms with van der Waals surface area (Å²) in [6.07, 6.45) is 1.94. The van der Waals surface area contributed by atoms with E-state index in [9.17, 15) is 4.79 Å². The second-order valence-electron chi connectivity index (χ2n) is 4.77. The lowest BCUT2D eigenvalue weighted by Gasteiger charge is -2.07. The van der Waals surface area contributed by atoms with Crippen molar-refractivity contribution < 1.29 is 4.79 Å². The van der Waals surface area contributed by atoms with Crippen LogP contribution in [0.1, 0.15) is 12.0 Å². The number of amides is 1. The Morgan fingerprint density at radius 1 is 1.05 bits per heavy atom. The molecule has 0 aliphatic carbocycles. The Labute approximate surface area is 129 Å². The largest absolute Gasteiger partial charge is 0.398 e. The Morgan fingerprint density at radius 3 is 2.52 bits per heavy atom. The van der Waals surface area contributed by atoms with Crippen molar-refractivity contribution >= 4 is 23.4 Å². The summed E-state index contributed by atoms with van der Waals surface area (Å²) in [7, 11) is 0. The second kappa shape index (κ2) is 8.37. The number of aryl methyl sites for hydroxylation is 1. The summed E-state index contributed by atoms with van der Waals surface area (Å²) in [6, 6.07) is 17.9. The highest BCUT2D eigenvalue weighted by atomic mass is 32.2. The van der Waals surface area contributed by atoms with Crippen molar-refractivity contribution in [2.24, 2.45) is 0 Å². The molecule has 0 saturated carbocycles. The topological polar surface area (TPSA) is 55.1 Å². The van der Waals surface area contributed by atoms with Gasteiger partial charge in [0.1, 0.15) is 0 Å². The Morgan fingerprint density at radius 2 is 1.76 bits per heavy atom. The summed E-state index contributed by atoms with van der Waals surface area (Å²) >= 11 is 1.47. The van der Waals surface area contributed by atoms with E-state index in [0.717, 1.165) is 23.4 Å². The summed E-state index contributed by atoms with van der Waals surface area (Å²) in [5, 5.41) is 2.94. The molecule has 2 rings (SSSR count). The van der Waals surface area contributed by atoms with Crippen LogP contribution >= 0.6 is 11.8 Å². The van der Waals surface area contributed by atoms with Crippen LogP contribution in [0.4, 0.5) is 5.69 Å². The number of nitrogens with two attached hydrogens (primary N) is 1. The van der Waals surface area contributed by atoms with Crippen molar-refractivity contribution in [1.82, 2.24) is 5.32 Å². The maximum absolute atomic E-state index is 11.8. The number of carbonyl (C=O) groups excluding carboxylic acids is 1. The standard InChI is InChI=1S/C17H20N2OS/c18-15-10-4-5-11-16(15)21-13-17(20)19-12-6-9-14-7-2-1-3-8-14/h1-5,7-8,10-11H,6,9,12-13,18H2,(H,19,20). The van der Waals surface area contributed by atoms with Crippen molar-refractivity contribution in [3.8, 4) is 0 Å². The van der Waals surface area contributed by atoms with E-state index in [-0.39, 0.29) is 5.91 Å². The molecule has 0 saturated heterocycles. The van der Waals surface area contributed by atoms with E-state index in [4.69, 9.17) is 5.73 Å². The zero-order chi connectivity index (χ0) is 14.9. The number of thioether (sulfide) groups is 1. The zero-order valence-corrected chi connectivity index (χ0v) is 12.7. The van der Waals surface area contributed by atoms with Crippen molar-refractivity contribution in [1.29, 1.82) is 0 Å². The minimum Gasteiger partial charge on any atom is -0.398 e. The minimum atomic E-state index is 0.0521. The minimum absolute atomic E-state index is 0.0521. The molecule has 0 bridgehead atoms. The smallest absolute Gasteiger partial charge is 0.230 e. The maximum atomic E-state index is 11.8. The number of rotatable bonds is 7. The predicted octanol–water partition coefficient (Wildman–Crippen LogP) is 3.11. The lowest BCUT2D eigenvalue weighted by Crippen LogP contribution is -2.26. The summed E-state index contributed by atoms with van der Waals surface area (Å²) in [5.74, 6) is 0.454. The van der Waals surface area contributed by atoms with Crippen LogP contribution in [0.3, 0.4) is 0 Å². The average molecular weight is 300 g/mol. The van der Waals surface area contributed by atoms with Gasteiger partial charge < -0.3 is 11.1 Å². The van der Waals surface area contributed by atoms with E-state index in [1.165, 1.54) is 17.3 Å². The van der Waals surface area contributed by atoms with Crippen LogP contribution in [-0.2, 0) is 11.2 Å². The van der Waals surface area contributed by atoms with E-state index in [0.29, 0.717) is 12.3 Å². The first-order chi connectivity index (χ1) is 10.3. The highest BCUT2D eigenvalue weighted by molar-refractivity contribution is 8.00. The molecule has 4 heteroatoms. The fourth-order valence-corrected chi connectivity index (χ4v) is 2.77. The predicted molar refractivity (Wildman–Crippen MR) is 89.4 cm³/mol. The molecule has 0 unspecified atom stereocenters. The molecule has 3 N–H and O–H groups in total. The molecule has 2 aromatic carbocycles. The fraction of sp³-hybridized carbons (Fsp3) is 0.235. The van der Waals surface area contributed by atoms with Crippen molar-refractivity contribution in [2.75, 3.05) is 18.0 Å². The molecule has 0 atom stereocenters. The van der Waals surface area contributed by atoms with Gasteiger partial charge in [0.25, 0.3) is 0 Å². The number of nitrogen functional groups attached to an aromatic ring is 1. The number of hydrogen-bond acceptors (Lipinski definition) is 3. The Balaban J connectivity index is 1.63. The summed E-state index contributed by atoms with van der Waals surface area (Å²) in [4.78, 5) is 12.7. The molecular formula is C17H20N2OS. The van der Waals surface area contributed by atoms with Crippen LogP contribution in [0.2, 0.25) is 0 Å². The first-order valence-corrected chi connectivity index (χ1v) is 8.02. The van der Waals surface area contributed by atoms with Gasteiger partial charge in [-0.1, -0.05) is 42.5 Å². The van der Waals surface area contributed by atoms with Gasteiger partial charge in [-0.3, -0.25) is 4.79 Å². The quantitative estimate of drug-likeness (QED) is 0.469. The number of para-hydroxylation sites is 1. The van der Waals surface area contributed by atoms with Gasteiger partial charge in [-0.05, 0) is 30.5 Å². The molecule has 1 amide bonds. The third kappa shape index (κ3) is 5.52. The van der Waals surface area contributed by atoms with Crippen LogP contribution < -0.4 is 11.1 Å². The first kappa shape index (κ1) is 15.4. The highest BCUT2D eigenvalue weighted by Crippen LogP contribution is 2.23. The molecule has 110 valence electrons. The second-order valence-corrected chi connectivity index (χ2v) is 5.78. The fourth-order valence-electron chi connectivity index (χ4n) is 1.97. The van der Waals surface area contributed by atoms with Crippen LogP contribution in [0.25, 0.3) is 0 Å². The third-order valence-electron chi connectivity index (χ3n) is 3.08. The van der Waals surface area contributed by atoms with E-state index >= 15 is 0 Å². The van der Waals surface area contributed by atoms with Gasteiger partial charge in [0, 0.05) is 17.1 Å². The van der Waals surface area contributed by atoms with Gasteiger partial charge in [0.05, 0.1) is 5.75 Å². The molecule has 21 heavy (non-hydrogen) atoms. The molecule has 2 aromatic rings. The SMILES string of the molecule is Nc1ccccc1SCC(=O)NCCCc1ccccc1. The van der Waals surface area contributed by atoms with Crippen LogP contribution in [-0.4, -0.2) is 18.2 Å². The van der Waals surface area contributed by atoms with Crippen LogP contribution in [0, 0.1) is 0 Å². The van der Waals surface area contributed by atoms with Gasteiger partial charge in [0.15, 0.2) is 0 Å². The molecule has 0 aliphatic rings. The molecular weight excluding hydrogens is 280 g/mol. The number of nitrogens with one attached hydrogen (secondary N) is 1. The van der Waals surface area contributed by atoms with Crippen molar-refractivity contribution in [3.63, 3.8) is 0 Å². The molecule has 3 nitrogen and oxygen atoms in total. The Hall–Kier alpha value is -1.94. The number of benzene rings is 2. The molecule has 0 fully saturated rings. The summed E-state index contributed by atoms with van der Waals surface area (Å²) in [6.45, 7) is 0.707. The average Bonchev–Trinajstić information content (AvgIpc) is 2.52. The molecule has 0 radical (unpaired) electrons. The lowest BCUT2D eigenvalue weighted by molar-refractivity contribution is -0.118. The van der Waals surface area contributed by atoms with Crippen molar-refractivity contribution in [2.45, 2.75) is 17.7 Å². The summed E-state index contributed by atoms with van der Waals surface area (Å²) in [5.41, 5.74) is 7.87. The summed E-state index contributed by atoms with van der Waals surface area (Å²) < 4.78 is 0. The monoisotopic (exact) mass is 300 g/mol. The van der Waals surface area contributed by atoms with E-state index in [1.54, 1.807) is 0 Å². The molecule has 0 spiro atoms. The Kier molecular flexibility index (Phi) is 6.16. The highest BCUT2D eigenvalue weighted by Gasteiger charge is 2.04. The Bertz CT molecular complexity index is 572. The number of hydrogen-bond donors (Lipinski definition) is 2. The first-order valence-electron chi connectivity index (χ1n) is 7.03. The van der Waals surface area contributed by atoms with Gasteiger partial charge in [-0.2, -0.15) is 0 Å². The van der Waals surface area contributed by atoms with Gasteiger partial charge in [-0.25, -0.2) is 0 Å². The van der Waals surface area contributed by atoms with E-state index in [2.05, 4.69) is 17.4 Å². The molecule has 0 aromatic heterocycles. The normalized spacial score (nSPS) is 10.3. The molecule has 0 heterocycles. The van der Waals surface area contributed by atoms with E-state index in [1.807, 2.05) is 42.5 Å². The molecule has 0 aliphatic heterocycles. The van der Waals surface area contributed by atoms with E-state index < -0.39 is 0 Å². The number of anilines is 1. The lowest BCUT2D eigenvalue weighted by atomic mass is 10.1. The third-order valence-corrected chi connectivity index (χ3v) is 4.17. The number of carbonyl (C=O) groups is 1. The van der Waals surface area contributed by atoms with Gasteiger partial charge >= 0.3 is 0 Å². The van der Waals surface area contributed by atoms with Crippen molar-refractivity contribution in [3.05, 3.63) is 60.2 Å². The van der Waals surface area contributed by atoms with Gasteiger partial charge in [0.2, 0.25) is 5.91 Å². The van der Waals surface area contributed by atoms with Gasteiger partial charge in [-0.15, -0.1) is 11.8 Å². The van der Waals surface area contributed by atoms with Crippen LogP contribution in [0.5, 0.6) is 0 Å². The maximum Gasteiger partial charge on any atom is 0.230 e. The van der Waals surface area contributed by atoms with Crippen LogP contribution in [0.15, 0.2) is 59.5 Å².